The monoisotopic (exact) mass is 315 g/mol. The molecule has 7 heteroatoms. The Bertz CT molecular complexity index is 543. The number of hydrogen-bond donors (Lipinski definition) is 2. The van der Waals surface area contributed by atoms with Crippen LogP contribution in [-0.4, -0.2) is 45.5 Å². The van der Waals surface area contributed by atoms with Gasteiger partial charge in [-0.1, -0.05) is 0 Å². The van der Waals surface area contributed by atoms with Crippen LogP contribution in [0.3, 0.4) is 0 Å². The summed E-state index contributed by atoms with van der Waals surface area (Å²) in [6.07, 6.45) is 1.12. The van der Waals surface area contributed by atoms with Crippen LogP contribution in [0.25, 0.3) is 0 Å². The quantitative estimate of drug-likeness (QED) is 0.730. The number of aliphatic hydroxyl groups excluding tert-OH is 1. The summed E-state index contributed by atoms with van der Waals surface area (Å²) in [6, 6.07) is 6.06. The van der Waals surface area contributed by atoms with Crippen molar-refractivity contribution in [1.82, 2.24) is 4.72 Å². The Morgan fingerprint density at radius 1 is 1.38 bits per heavy atom. The molecule has 1 aromatic carbocycles. The average molecular weight is 315 g/mol. The second kappa shape index (κ2) is 7.22. The minimum Gasteiger partial charge on any atom is -0.494 e. The first-order valence-corrected chi connectivity index (χ1v) is 8.49. The summed E-state index contributed by atoms with van der Waals surface area (Å²) in [7, 11) is -3.54. The van der Waals surface area contributed by atoms with Gasteiger partial charge in [0.05, 0.1) is 23.6 Å². The predicted octanol–water partition coefficient (Wildman–Crippen LogP) is 0.903. The van der Waals surface area contributed by atoms with Crippen molar-refractivity contribution in [3.63, 3.8) is 0 Å². The average Bonchev–Trinajstić information content (AvgIpc) is 2.84. The Morgan fingerprint density at radius 2 is 2.10 bits per heavy atom. The molecule has 0 radical (unpaired) electrons. The smallest absolute Gasteiger partial charge is 0.240 e. The van der Waals surface area contributed by atoms with Crippen LogP contribution >= 0.6 is 0 Å². The molecule has 1 heterocycles. The summed E-state index contributed by atoms with van der Waals surface area (Å²) in [5.74, 6) is 0.583. The highest BCUT2D eigenvalue weighted by Crippen LogP contribution is 2.19. The lowest BCUT2D eigenvalue weighted by Gasteiger charge is -2.16. The van der Waals surface area contributed by atoms with E-state index in [0.717, 1.165) is 0 Å². The number of benzene rings is 1. The molecule has 0 bridgehead atoms. The zero-order chi connectivity index (χ0) is 15.3. The van der Waals surface area contributed by atoms with Gasteiger partial charge in [0.25, 0.3) is 0 Å². The zero-order valence-electron chi connectivity index (χ0n) is 12.0. The zero-order valence-corrected chi connectivity index (χ0v) is 12.8. The number of ether oxygens (including phenoxy) is 2. The van der Waals surface area contributed by atoms with Gasteiger partial charge in [-0.3, -0.25) is 0 Å². The Labute approximate surface area is 125 Å². The van der Waals surface area contributed by atoms with Gasteiger partial charge in [-0.2, -0.15) is 0 Å². The molecule has 2 rings (SSSR count). The van der Waals surface area contributed by atoms with Crippen LogP contribution in [0.2, 0.25) is 0 Å². The molecule has 1 aliphatic heterocycles. The third-order valence-corrected chi connectivity index (χ3v) is 4.89. The van der Waals surface area contributed by atoms with Crippen LogP contribution in [0, 0.1) is 0 Å². The summed E-state index contributed by atoms with van der Waals surface area (Å²) in [6.45, 7) is 2.90. The van der Waals surface area contributed by atoms with Gasteiger partial charge in [0.1, 0.15) is 5.75 Å². The lowest BCUT2D eigenvalue weighted by Crippen LogP contribution is -2.39. The van der Waals surface area contributed by atoms with E-state index in [9.17, 15) is 8.42 Å². The topological polar surface area (TPSA) is 84.9 Å². The highest BCUT2D eigenvalue weighted by atomic mass is 32.2. The van der Waals surface area contributed by atoms with Gasteiger partial charge in [0.15, 0.2) is 0 Å². The van der Waals surface area contributed by atoms with E-state index in [1.165, 1.54) is 12.1 Å². The van der Waals surface area contributed by atoms with E-state index in [4.69, 9.17) is 14.6 Å². The van der Waals surface area contributed by atoms with Gasteiger partial charge >= 0.3 is 0 Å². The van der Waals surface area contributed by atoms with Crippen LogP contribution in [0.1, 0.15) is 19.8 Å². The minimum absolute atomic E-state index is 0.0675. The lowest BCUT2D eigenvalue weighted by atomic mass is 10.2. The molecule has 1 fully saturated rings. The number of hydrogen-bond acceptors (Lipinski definition) is 5. The fourth-order valence-corrected chi connectivity index (χ4v) is 3.46. The molecular weight excluding hydrogens is 294 g/mol. The van der Waals surface area contributed by atoms with Gasteiger partial charge in [0.2, 0.25) is 10.0 Å². The second-order valence-corrected chi connectivity index (χ2v) is 6.70. The highest BCUT2D eigenvalue weighted by molar-refractivity contribution is 7.89. The van der Waals surface area contributed by atoms with Crippen molar-refractivity contribution in [2.45, 2.75) is 36.8 Å². The minimum atomic E-state index is -3.54. The van der Waals surface area contributed by atoms with Crippen molar-refractivity contribution >= 4 is 10.0 Å². The molecular formula is C14H21NO5S. The number of nitrogens with one attached hydrogen (secondary N) is 1. The number of aliphatic hydroxyl groups is 1. The molecule has 21 heavy (non-hydrogen) atoms. The van der Waals surface area contributed by atoms with Gasteiger partial charge < -0.3 is 14.6 Å². The maximum absolute atomic E-state index is 12.3. The third-order valence-electron chi connectivity index (χ3n) is 3.39. The lowest BCUT2D eigenvalue weighted by molar-refractivity contribution is 0.117. The third kappa shape index (κ3) is 4.41. The van der Waals surface area contributed by atoms with Crippen molar-refractivity contribution in [3.8, 4) is 5.75 Å². The normalized spacial score (nSPS) is 22.4. The van der Waals surface area contributed by atoms with E-state index >= 15 is 0 Å². The Morgan fingerprint density at radius 3 is 2.67 bits per heavy atom. The molecule has 0 spiro atoms. The van der Waals surface area contributed by atoms with Gasteiger partial charge in [-0.05, 0) is 37.6 Å². The molecule has 1 aliphatic rings. The molecule has 2 atom stereocenters. The largest absolute Gasteiger partial charge is 0.494 e. The fraction of sp³-hybridized carbons (Fsp3) is 0.571. The summed E-state index contributed by atoms with van der Waals surface area (Å²) < 4.78 is 37.9. The van der Waals surface area contributed by atoms with Crippen molar-refractivity contribution in [3.05, 3.63) is 24.3 Å². The van der Waals surface area contributed by atoms with Crippen molar-refractivity contribution in [1.29, 1.82) is 0 Å². The number of sulfonamides is 1. The molecule has 118 valence electrons. The standard InChI is InChI=1S/C14H21NO5S/c1-11-14(7-10-19-11)15-21(17,18)13-5-3-12(4-6-13)20-9-2-8-16/h3-6,11,14-16H,2,7-10H2,1H3. The molecule has 1 saturated heterocycles. The van der Waals surface area contributed by atoms with Gasteiger partial charge in [-0.15, -0.1) is 0 Å². The van der Waals surface area contributed by atoms with Gasteiger partial charge in [-0.25, -0.2) is 13.1 Å². The van der Waals surface area contributed by atoms with Crippen LogP contribution in [0.15, 0.2) is 29.2 Å². The van der Waals surface area contributed by atoms with E-state index in [1.54, 1.807) is 12.1 Å². The molecule has 0 amide bonds. The molecule has 0 aromatic heterocycles. The van der Waals surface area contributed by atoms with Crippen LogP contribution in [-0.2, 0) is 14.8 Å². The van der Waals surface area contributed by atoms with Crippen molar-refractivity contribution < 1.29 is 23.0 Å². The molecule has 6 nitrogen and oxygen atoms in total. The van der Waals surface area contributed by atoms with Crippen molar-refractivity contribution in [2.24, 2.45) is 0 Å². The number of rotatable bonds is 7. The molecule has 0 aliphatic carbocycles. The summed E-state index contributed by atoms with van der Waals surface area (Å²) >= 11 is 0. The molecule has 0 saturated carbocycles. The Balaban J connectivity index is 1.99. The maximum Gasteiger partial charge on any atom is 0.240 e. The molecule has 1 aromatic rings. The van der Waals surface area contributed by atoms with E-state index < -0.39 is 10.0 Å². The Kier molecular flexibility index (Phi) is 5.58. The molecule has 2 N–H and O–H groups in total. The van der Waals surface area contributed by atoms with Crippen LogP contribution in [0.4, 0.5) is 0 Å². The first-order valence-electron chi connectivity index (χ1n) is 7.00. The predicted molar refractivity (Wildman–Crippen MR) is 77.8 cm³/mol. The second-order valence-electron chi connectivity index (χ2n) is 4.99. The highest BCUT2D eigenvalue weighted by Gasteiger charge is 2.29. The van der Waals surface area contributed by atoms with E-state index in [-0.39, 0.29) is 23.6 Å². The summed E-state index contributed by atoms with van der Waals surface area (Å²) in [5, 5.41) is 8.67. The Hall–Kier alpha value is -1.15. The molecule has 2 unspecified atom stereocenters. The first kappa shape index (κ1) is 16.2. The van der Waals surface area contributed by atoms with Gasteiger partial charge in [0, 0.05) is 19.6 Å². The maximum atomic E-state index is 12.3. The SMILES string of the molecule is CC1OCCC1NS(=O)(=O)c1ccc(OCCCO)cc1. The van der Waals surface area contributed by atoms with E-state index in [1.807, 2.05) is 6.92 Å². The van der Waals surface area contributed by atoms with E-state index in [0.29, 0.717) is 31.8 Å². The summed E-state index contributed by atoms with van der Waals surface area (Å²) in [5.41, 5.74) is 0. The van der Waals surface area contributed by atoms with Crippen LogP contribution < -0.4 is 9.46 Å². The van der Waals surface area contributed by atoms with Crippen molar-refractivity contribution in [2.75, 3.05) is 19.8 Å². The fourth-order valence-electron chi connectivity index (χ4n) is 2.12. The summed E-state index contributed by atoms with van der Waals surface area (Å²) in [4.78, 5) is 0.205. The van der Waals surface area contributed by atoms with E-state index in [2.05, 4.69) is 4.72 Å². The van der Waals surface area contributed by atoms with Crippen LogP contribution in [0.5, 0.6) is 5.75 Å². The first-order chi connectivity index (χ1) is 10.0.